The molecule has 0 aliphatic carbocycles. The van der Waals surface area contributed by atoms with E-state index in [1.165, 1.54) is 26.4 Å². The molecule has 162 valence electrons. The number of methoxy groups -OCH3 is 2. The minimum atomic E-state index is -3.98. The molecule has 8 heteroatoms. The van der Waals surface area contributed by atoms with Crippen LogP contribution < -0.4 is 19.5 Å². The first-order valence-electron chi connectivity index (χ1n) is 9.46. The molecule has 0 heterocycles. The van der Waals surface area contributed by atoms with Gasteiger partial charge in [0.25, 0.3) is 15.9 Å². The van der Waals surface area contributed by atoms with Gasteiger partial charge in [-0.1, -0.05) is 17.2 Å². The second kappa shape index (κ2) is 9.09. The van der Waals surface area contributed by atoms with Crippen molar-refractivity contribution in [3.8, 4) is 11.5 Å². The number of hydrogen-bond acceptors (Lipinski definition) is 5. The third-order valence-electron chi connectivity index (χ3n) is 4.54. The summed E-state index contributed by atoms with van der Waals surface area (Å²) in [6.07, 6.45) is 0. The number of hydrogen-bond donors (Lipinski definition) is 2. The lowest BCUT2D eigenvalue weighted by atomic mass is 10.1. The van der Waals surface area contributed by atoms with Gasteiger partial charge in [0.05, 0.1) is 14.2 Å². The molecule has 0 unspecified atom stereocenters. The molecule has 31 heavy (non-hydrogen) atoms. The van der Waals surface area contributed by atoms with E-state index in [0.717, 1.165) is 11.1 Å². The van der Waals surface area contributed by atoms with Crippen LogP contribution in [0.1, 0.15) is 21.5 Å². The second-order valence-electron chi connectivity index (χ2n) is 7.03. The first-order chi connectivity index (χ1) is 14.7. The lowest BCUT2D eigenvalue weighted by Crippen LogP contribution is -2.16. The van der Waals surface area contributed by atoms with Gasteiger partial charge >= 0.3 is 0 Å². The number of carbonyl (C=O) groups excluding carboxylic acids is 1. The van der Waals surface area contributed by atoms with Gasteiger partial charge in [0.2, 0.25) is 0 Å². The lowest BCUT2D eigenvalue weighted by molar-refractivity contribution is 0.102. The maximum absolute atomic E-state index is 13.0. The summed E-state index contributed by atoms with van der Waals surface area (Å²) in [7, 11) is -1.07. The maximum Gasteiger partial charge on any atom is 0.265 e. The molecule has 0 saturated carbocycles. The van der Waals surface area contributed by atoms with E-state index in [2.05, 4.69) is 10.0 Å². The molecule has 0 bridgehead atoms. The molecule has 1 amide bonds. The Balaban J connectivity index is 1.89. The van der Waals surface area contributed by atoms with Gasteiger partial charge in [-0.2, -0.15) is 0 Å². The van der Waals surface area contributed by atoms with Crippen molar-refractivity contribution in [2.75, 3.05) is 24.3 Å². The zero-order valence-electron chi connectivity index (χ0n) is 17.7. The van der Waals surface area contributed by atoms with Crippen LogP contribution in [0.25, 0.3) is 0 Å². The summed E-state index contributed by atoms with van der Waals surface area (Å²) < 4.78 is 38.8. The molecule has 3 aromatic carbocycles. The van der Waals surface area contributed by atoms with E-state index in [4.69, 9.17) is 9.47 Å². The summed E-state index contributed by atoms with van der Waals surface area (Å²) in [6.45, 7) is 3.82. The van der Waals surface area contributed by atoms with E-state index >= 15 is 0 Å². The molecule has 0 aliphatic heterocycles. The summed E-state index contributed by atoms with van der Waals surface area (Å²) in [5.74, 6) is 0.436. The molecule has 0 spiro atoms. The van der Waals surface area contributed by atoms with Gasteiger partial charge in [-0.25, -0.2) is 8.42 Å². The Morgan fingerprint density at radius 1 is 0.806 bits per heavy atom. The van der Waals surface area contributed by atoms with Gasteiger partial charge in [-0.3, -0.25) is 9.52 Å². The van der Waals surface area contributed by atoms with Crippen LogP contribution in [0.15, 0.2) is 65.6 Å². The van der Waals surface area contributed by atoms with Crippen molar-refractivity contribution in [1.29, 1.82) is 0 Å². The molecule has 0 atom stereocenters. The standard InChI is InChI=1S/C23H24N2O5S/c1-15-11-16(2)13-17(12-15)23(26)24-19-7-10-21(30-4)22(14-19)31(27,28)25-18-5-8-20(29-3)9-6-18/h5-14,25H,1-4H3,(H,24,26). The van der Waals surface area contributed by atoms with Crippen molar-refractivity contribution < 1.29 is 22.7 Å². The number of amides is 1. The number of nitrogens with one attached hydrogen (secondary N) is 2. The predicted octanol–water partition coefficient (Wildman–Crippen LogP) is 4.37. The van der Waals surface area contributed by atoms with Gasteiger partial charge in [0.15, 0.2) is 0 Å². The quantitative estimate of drug-likeness (QED) is 0.569. The van der Waals surface area contributed by atoms with Crippen LogP contribution in [0.4, 0.5) is 11.4 Å². The van der Waals surface area contributed by atoms with Gasteiger partial charge in [0.1, 0.15) is 16.4 Å². The topological polar surface area (TPSA) is 93.7 Å². The largest absolute Gasteiger partial charge is 0.497 e. The Bertz CT molecular complexity index is 1180. The van der Waals surface area contributed by atoms with Crippen molar-refractivity contribution in [3.63, 3.8) is 0 Å². The van der Waals surface area contributed by atoms with Gasteiger partial charge in [-0.15, -0.1) is 0 Å². The van der Waals surface area contributed by atoms with Crippen molar-refractivity contribution in [3.05, 3.63) is 77.4 Å². The highest BCUT2D eigenvalue weighted by Crippen LogP contribution is 2.29. The fourth-order valence-electron chi connectivity index (χ4n) is 3.14. The summed E-state index contributed by atoms with van der Waals surface area (Å²) in [4.78, 5) is 12.6. The van der Waals surface area contributed by atoms with E-state index in [1.807, 2.05) is 19.9 Å². The predicted molar refractivity (Wildman–Crippen MR) is 121 cm³/mol. The Labute approximate surface area is 182 Å². The molecule has 0 fully saturated rings. The van der Waals surface area contributed by atoms with Crippen LogP contribution in [0.5, 0.6) is 11.5 Å². The number of ether oxygens (including phenoxy) is 2. The van der Waals surface area contributed by atoms with E-state index in [1.54, 1.807) is 42.5 Å². The Morgan fingerprint density at radius 3 is 2.00 bits per heavy atom. The number of benzene rings is 3. The summed E-state index contributed by atoms with van der Waals surface area (Å²) in [6, 6.07) is 16.5. The zero-order valence-corrected chi connectivity index (χ0v) is 18.5. The van der Waals surface area contributed by atoms with Crippen LogP contribution in [-0.4, -0.2) is 28.5 Å². The lowest BCUT2D eigenvalue weighted by Gasteiger charge is -2.14. The van der Waals surface area contributed by atoms with E-state index in [9.17, 15) is 13.2 Å². The third kappa shape index (κ3) is 5.35. The van der Waals surface area contributed by atoms with E-state index in [-0.39, 0.29) is 16.6 Å². The number of sulfonamides is 1. The van der Waals surface area contributed by atoms with Crippen LogP contribution in [-0.2, 0) is 10.0 Å². The van der Waals surface area contributed by atoms with Crippen LogP contribution in [0.2, 0.25) is 0 Å². The Hall–Kier alpha value is -3.52. The highest BCUT2D eigenvalue weighted by atomic mass is 32.2. The van der Waals surface area contributed by atoms with Crippen molar-refractivity contribution in [2.45, 2.75) is 18.7 Å². The molecular weight excluding hydrogens is 416 g/mol. The van der Waals surface area contributed by atoms with Gasteiger partial charge in [-0.05, 0) is 68.4 Å². The summed E-state index contributed by atoms with van der Waals surface area (Å²) in [5, 5.41) is 2.75. The highest BCUT2D eigenvalue weighted by Gasteiger charge is 2.21. The Kier molecular flexibility index (Phi) is 6.50. The summed E-state index contributed by atoms with van der Waals surface area (Å²) >= 11 is 0. The highest BCUT2D eigenvalue weighted by molar-refractivity contribution is 7.92. The van der Waals surface area contributed by atoms with Crippen molar-refractivity contribution >= 4 is 27.3 Å². The fourth-order valence-corrected chi connectivity index (χ4v) is 4.40. The molecule has 2 N–H and O–H groups in total. The maximum atomic E-state index is 13.0. The summed E-state index contributed by atoms with van der Waals surface area (Å²) in [5.41, 5.74) is 3.13. The number of aryl methyl sites for hydroxylation is 2. The normalized spacial score (nSPS) is 11.0. The third-order valence-corrected chi connectivity index (χ3v) is 5.94. The first kappa shape index (κ1) is 22.2. The van der Waals surface area contributed by atoms with Gasteiger partial charge in [0, 0.05) is 16.9 Å². The molecule has 7 nitrogen and oxygen atoms in total. The molecule has 0 radical (unpaired) electrons. The van der Waals surface area contributed by atoms with Crippen LogP contribution >= 0.6 is 0 Å². The number of anilines is 2. The molecule has 3 aromatic rings. The van der Waals surface area contributed by atoms with Crippen molar-refractivity contribution in [1.82, 2.24) is 0 Å². The molecule has 0 saturated heterocycles. The second-order valence-corrected chi connectivity index (χ2v) is 8.68. The molecule has 3 rings (SSSR count). The average molecular weight is 441 g/mol. The van der Waals surface area contributed by atoms with E-state index in [0.29, 0.717) is 22.7 Å². The monoisotopic (exact) mass is 440 g/mol. The average Bonchev–Trinajstić information content (AvgIpc) is 2.73. The Morgan fingerprint density at radius 2 is 1.42 bits per heavy atom. The zero-order chi connectivity index (χ0) is 22.6. The molecular formula is C23H24N2O5S. The van der Waals surface area contributed by atoms with Crippen molar-refractivity contribution in [2.24, 2.45) is 0 Å². The molecule has 0 aliphatic rings. The minimum absolute atomic E-state index is 0.0935. The minimum Gasteiger partial charge on any atom is -0.497 e. The first-order valence-corrected chi connectivity index (χ1v) is 10.9. The smallest absolute Gasteiger partial charge is 0.265 e. The van der Waals surface area contributed by atoms with Crippen LogP contribution in [0, 0.1) is 13.8 Å². The molecule has 0 aromatic heterocycles. The SMILES string of the molecule is COc1ccc(NS(=O)(=O)c2cc(NC(=O)c3cc(C)cc(C)c3)ccc2OC)cc1. The fraction of sp³-hybridized carbons (Fsp3) is 0.174. The van der Waals surface area contributed by atoms with E-state index < -0.39 is 10.0 Å². The number of rotatable bonds is 7. The van der Waals surface area contributed by atoms with Gasteiger partial charge < -0.3 is 14.8 Å². The number of carbonyl (C=O) groups is 1. The van der Waals surface area contributed by atoms with Crippen LogP contribution in [0.3, 0.4) is 0 Å².